The van der Waals surface area contributed by atoms with Crippen LogP contribution in [0.15, 0.2) is 30.3 Å². The van der Waals surface area contributed by atoms with Crippen molar-refractivity contribution >= 4 is 23.0 Å². The number of thiocarbonyl (C=S) groups is 1. The molecule has 0 saturated carbocycles. The molecule has 4 heteroatoms. The number of unbranched alkanes of at least 4 members (excludes halogenated alkanes) is 4. The smallest absolute Gasteiger partial charge is 0.189 e. The molecule has 0 radical (unpaired) electrons. The highest BCUT2D eigenvalue weighted by molar-refractivity contribution is 7.80. The van der Waals surface area contributed by atoms with Crippen molar-refractivity contribution in [1.29, 1.82) is 0 Å². The summed E-state index contributed by atoms with van der Waals surface area (Å²) in [6.07, 6.45) is 7.57. The first kappa shape index (κ1) is 15.3. The number of hydrogen-bond donors (Lipinski definition) is 2. The first-order chi connectivity index (χ1) is 9.64. The van der Waals surface area contributed by atoms with Crippen molar-refractivity contribution in [3.8, 4) is 0 Å². The molecule has 1 saturated heterocycles. The fraction of sp³-hybridized carbons (Fsp3) is 0.562. The maximum atomic E-state index is 5.44. The van der Waals surface area contributed by atoms with E-state index in [9.17, 15) is 0 Å². The van der Waals surface area contributed by atoms with Crippen molar-refractivity contribution in [3.63, 3.8) is 0 Å². The number of nitrogens with one attached hydrogen (secondary N) is 2. The van der Waals surface area contributed by atoms with Crippen LogP contribution in [0.5, 0.6) is 0 Å². The maximum Gasteiger partial charge on any atom is 0.189 e. The monoisotopic (exact) mass is 291 g/mol. The van der Waals surface area contributed by atoms with Gasteiger partial charge in [0.2, 0.25) is 0 Å². The lowest BCUT2D eigenvalue weighted by molar-refractivity contribution is 0.332. The van der Waals surface area contributed by atoms with Gasteiger partial charge in [0.25, 0.3) is 0 Å². The van der Waals surface area contributed by atoms with Gasteiger partial charge in [-0.1, -0.05) is 50.8 Å². The Hall–Kier alpha value is -1.13. The summed E-state index contributed by atoms with van der Waals surface area (Å²) in [6, 6.07) is 10.2. The van der Waals surface area contributed by atoms with Gasteiger partial charge in [-0.25, -0.2) is 5.43 Å². The second kappa shape index (κ2) is 7.04. The Balaban J connectivity index is 1.87. The van der Waals surface area contributed by atoms with Gasteiger partial charge in [-0.2, -0.15) is 0 Å². The molecule has 1 atom stereocenters. The fourth-order valence-electron chi connectivity index (χ4n) is 2.58. The lowest BCUT2D eigenvalue weighted by Crippen LogP contribution is -2.48. The molecular weight excluding hydrogens is 266 g/mol. The Labute approximate surface area is 127 Å². The normalized spacial score (nSPS) is 22.1. The van der Waals surface area contributed by atoms with E-state index >= 15 is 0 Å². The minimum Gasteiger partial charge on any atom is -0.342 e. The zero-order chi connectivity index (χ0) is 14.4. The van der Waals surface area contributed by atoms with Crippen LogP contribution < -0.4 is 15.8 Å². The van der Waals surface area contributed by atoms with Gasteiger partial charge in [0, 0.05) is 0 Å². The molecule has 1 unspecified atom stereocenters. The van der Waals surface area contributed by atoms with Crippen molar-refractivity contribution in [2.45, 2.75) is 58.0 Å². The first-order valence-electron chi connectivity index (χ1n) is 7.60. The minimum absolute atomic E-state index is 0.126. The largest absolute Gasteiger partial charge is 0.342 e. The summed E-state index contributed by atoms with van der Waals surface area (Å²) in [7, 11) is 0. The van der Waals surface area contributed by atoms with Crippen LogP contribution in [0.1, 0.15) is 52.4 Å². The van der Waals surface area contributed by atoms with E-state index in [4.69, 9.17) is 12.2 Å². The highest BCUT2D eigenvalue weighted by Gasteiger charge is 2.35. The van der Waals surface area contributed by atoms with Crippen molar-refractivity contribution < 1.29 is 0 Å². The number of rotatable bonds is 7. The van der Waals surface area contributed by atoms with Gasteiger partial charge >= 0.3 is 0 Å². The second-order valence-electron chi connectivity index (χ2n) is 5.71. The Kier molecular flexibility index (Phi) is 5.38. The summed E-state index contributed by atoms with van der Waals surface area (Å²) >= 11 is 5.44. The van der Waals surface area contributed by atoms with Gasteiger partial charge in [0.05, 0.1) is 5.69 Å². The Morgan fingerprint density at radius 2 is 1.80 bits per heavy atom. The van der Waals surface area contributed by atoms with Gasteiger partial charge in [0.1, 0.15) is 5.66 Å². The van der Waals surface area contributed by atoms with Crippen LogP contribution in [0.25, 0.3) is 0 Å². The molecule has 1 aliphatic rings. The Morgan fingerprint density at radius 1 is 1.10 bits per heavy atom. The molecule has 0 bridgehead atoms. The van der Waals surface area contributed by atoms with E-state index in [1.54, 1.807) is 0 Å². The zero-order valence-electron chi connectivity index (χ0n) is 12.5. The highest BCUT2D eigenvalue weighted by atomic mass is 32.1. The Bertz CT molecular complexity index is 435. The third kappa shape index (κ3) is 3.93. The van der Waals surface area contributed by atoms with E-state index < -0.39 is 0 Å². The van der Waals surface area contributed by atoms with Crippen LogP contribution in [0, 0.1) is 0 Å². The van der Waals surface area contributed by atoms with Crippen molar-refractivity contribution in [2.75, 3.05) is 5.01 Å². The summed E-state index contributed by atoms with van der Waals surface area (Å²) in [5.74, 6) is 0. The summed E-state index contributed by atoms with van der Waals surface area (Å²) in [5, 5.41) is 6.15. The summed E-state index contributed by atoms with van der Waals surface area (Å²) in [5.41, 5.74) is 4.46. The fourth-order valence-corrected chi connectivity index (χ4v) is 2.95. The molecule has 0 aliphatic carbocycles. The molecule has 0 spiro atoms. The molecule has 1 aromatic carbocycles. The molecule has 3 nitrogen and oxygen atoms in total. The van der Waals surface area contributed by atoms with Crippen LogP contribution in [-0.2, 0) is 0 Å². The lowest BCUT2D eigenvalue weighted by Gasteiger charge is -2.25. The minimum atomic E-state index is -0.126. The van der Waals surface area contributed by atoms with Gasteiger partial charge in [-0.3, -0.25) is 5.01 Å². The molecule has 1 fully saturated rings. The zero-order valence-corrected chi connectivity index (χ0v) is 13.3. The quantitative estimate of drug-likeness (QED) is 0.587. The number of hydrazine groups is 1. The third-order valence-electron chi connectivity index (χ3n) is 3.74. The second-order valence-corrected chi connectivity index (χ2v) is 6.10. The van der Waals surface area contributed by atoms with Gasteiger partial charge in [0.15, 0.2) is 5.11 Å². The summed E-state index contributed by atoms with van der Waals surface area (Å²) in [4.78, 5) is 0. The molecule has 1 heterocycles. The first-order valence-corrected chi connectivity index (χ1v) is 8.00. The predicted molar refractivity (Wildman–Crippen MR) is 89.6 cm³/mol. The molecule has 110 valence electrons. The third-order valence-corrected chi connectivity index (χ3v) is 4.02. The summed E-state index contributed by atoms with van der Waals surface area (Å²) in [6.45, 7) is 4.43. The summed E-state index contributed by atoms with van der Waals surface area (Å²) < 4.78 is 0. The predicted octanol–water partition coefficient (Wildman–Crippen LogP) is 3.96. The van der Waals surface area contributed by atoms with Gasteiger partial charge < -0.3 is 5.32 Å². The maximum absolute atomic E-state index is 5.44. The number of nitrogens with zero attached hydrogens (tertiary/aromatic N) is 1. The topological polar surface area (TPSA) is 27.3 Å². The average Bonchev–Trinajstić information content (AvgIpc) is 2.75. The molecule has 2 N–H and O–H groups in total. The number of para-hydroxylation sites is 1. The Morgan fingerprint density at radius 3 is 2.50 bits per heavy atom. The number of anilines is 1. The average molecular weight is 291 g/mol. The molecule has 1 aromatic rings. The van der Waals surface area contributed by atoms with Crippen LogP contribution in [0.2, 0.25) is 0 Å². The SMILES string of the molecule is CCCCCCCC1(C)NC(=S)N(c2ccccc2)N1. The molecule has 2 rings (SSSR count). The highest BCUT2D eigenvalue weighted by Crippen LogP contribution is 2.22. The van der Waals surface area contributed by atoms with Crippen molar-refractivity contribution in [3.05, 3.63) is 30.3 Å². The van der Waals surface area contributed by atoms with Crippen LogP contribution in [0.4, 0.5) is 5.69 Å². The molecular formula is C16H25N3S. The van der Waals surface area contributed by atoms with Gasteiger partial charge in [-0.05, 0) is 44.1 Å². The van der Waals surface area contributed by atoms with Crippen LogP contribution in [-0.4, -0.2) is 10.8 Å². The van der Waals surface area contributed by atoms with E-state index in [-0.39, 0.29) is 5.66 Å². The van der Waals surface area contributed by atoms with Crippen LogP contribution >= 0.6 is 12.2 Å². The molecule has 1 aliphatic heterocycles. The van der Waals surface area contributed by atoms with E-state index in [1.165, 1.54) is 32.1 Å². The van der Waals surface area contributed by atoms with E-state index in [0.717, 1.165) is 17.2 Å². The lowest BCUT2D eigenvalue weighted by atomic mass is 10.0. The van der Waals surface area contributed by atoms with Gasteiger partial charge in [-0.15, -0.1) is 0 Å². The van der Waals surface area contributed by atoms with Crippen LogP contribution in [0.3, 0.4) is 0 Å². The van der Waals surface area contributed by atoms with E-state index in [0.29, 0.717) is 0 Å². The van der Waals surface area contributed by atoms with Crippen molar-refractivity contribution in [2.24, 2.45) is 0 Å². The standard InChI is InChI=1S/C16H25N3S/c1-3-4-5-6-10-13-16(2)17-15(20)19(18-16)14-11-8-7-9-12-14/h7-9,11-12,18H,3-6,10,13H2,1-2H3,(H,17,20). The van der Waals surface area contributed by atoms with Crippen molar-refractivity contribution in [1.82, 2.24) is 10.7 Å². The molecule has 0 amide bonds. The molecule has 0 aromatic heterocycles. The van der Waals surface area contributed by atoms with E-state index in [2.05, 4.69) is 36.7 Å². The van der Waals surface area contributed by atoms with E-state index in [1.807, 2.05) is 23.2 Å². The number of hydrogen-bond acceptors (Lipinski definition) is 2. The number of benzene rings is 1. The molecule has 20 heavy (non-hydrogen) atoms.